The average Bonchev–Trinajstić information content (AvgIpc) is 3.40. The molecule has 0 spiro atoms. The van der Waals surface area contributed by atoms with Gasteiger partial charge in [0, 0.05) is 51.7 Å². The highest BCUT2D eigenvalue weighted by molar-refractivity contribution is 7.08. The summed E-state index contributed by atoms with van der Waals surface area (Å²) >= 11 is 1.66. The molecule has 6 nitrogen and oxygen atoms in total. The Kier molecular flexibility index (Phi) is 4.44. The molecule has 0 saturated heterocycles. The number of aromatic nitrogens is 3. The molecule has 0 bridgehead atoms. The van der Waals surface area contributed by atoms with Gasteiger partial charge >= 0.3 is 0 Å². The van der Waals surface area contributed by atoms with Gasteiger partial charge in [0.05, 0.1) is 11.7 Å². The molecular weight excluding hydrogens is 394 g/mol. The first-order chi connectivity index (χ1) is 14.6. The van der Waals surface area contributed by atoms with E-state index >= 15 is 0 Å². The van der Waals surface area contributed by atoms with Crippen LogP contribution < -0.4 is 10.6 Å². The fourth-order valence-electron chi connectivity index (χ4n) is 3.59. The number of carbonyl (C=O) groups excluding carboxylic acids is 1. The Balaban J connectivity index is 1.57. The van der Waals surface area contributed by atoms with Crippen molar-refractivity contribution in [3.05, 3.63) is 71.2 Å². The van der Waals surface area contributed by atoms with E-state index in [2.05, 4.69) is 56.6 Å². The average molecular weight is 414 g/mol. The summed E-state index contributed by atoms with van der Waals surface area (Å²) in [6.07, 6.45) is 3.50. The zero-order chi connectivity index (χ0) is 20.7. The van der Waals surface area contributed by atoms with Crippen LogP contribution in [0.1, 0.15) is 17.3 Å². The van der Waals surface area contributed by atoms with Crippen LogP contribution in [0.2, 0.25) is 0 Å². The van der Waals surface area contributed by atoms with Gasteiger partial charge in [0.25, 0.3) is 0 Å². The van der Waals surface area contributed by atoms with Gasteiger partial charge in [-0.25, -0.2) is 9.67 Å². The van der Waals surface area contributed by atoms with Gasteiger partial charge in [-0.05, 0) is 48.2 Å². The molecule has 0 aliphatic carbocycles. The van der Waals surface area contributed by atoms with E-state index in [0.717, 1.165) is 50.1 Å². The topological polar surface area (TPSA) is 71.8 Å². The molecular formula is C23H19N5OS. The molecule has 0 unspecified atom stereocenters. The summed E-state index contributed by atoms with van der Waals surface area (Å²) in [5.41, 5.74) is 4.92. The van der Waals surface area contributed by atoms with E-state index in [1.54, 1.807) is 23.7 Å². The first-order valence-electron chi connectivity index (χ1n) is 9.53. The number of carbonyl (C=O) groups is 1. The van der Waals surface area contributed by atoms with Gasteiger partial charge in [0.15, 0.2) is 0 Å². The van der Waals surface area contributed by atoms with Crippen molar-refractivity contribution in [2.24, 2.45) is 0 Å². The van der Waals surface area contributed by atoms with Crippen molar-refractivity contribution in [2.45, 2.75) is 13.8 Å². The van der Waals surface area contributed by atoms with E-state index in [9.17, 15) is 4.79 Å². The lowest BCUT2D eigenvalue weighted by Gasteiger charge is -2.15. The molecule has 5 rings (SSSR count). The largest absolute Gasteiger partial charge is 0.354 e. The molecule has 0 amide bonds. The SMILES string of the molecule is CC(=O)n1ncc2ccc(Nc3nccc4c(Nc5ccsc5)c(C)ccc34)cc21. The molecule has 0 fully saturated rings. The monoisotopic (exact) mass is 413 g/mol. The maximum atomic E-state index is 11.8. The van der Waals surface area contributed by atoms with Crippen LogP contribution >= 0.6 is 11.3 Å². The van der Waals surface area contributed by atoms with Crippen molar-refractivity contribution in [2.75, 3.05) is 10.6 Å². The lowest BCUT2D eigenvalue weighted by Crippen LogP contribution is -2.06. The lowest BCUT2D eigenvalue weighted by molar-refractivity contribution is 0.0927. The molecule has 0 aliphatic heterocycles. The van der Waals surface area contributed by atoms with Crippen molar-refractivity contribution >= 4 is 61.8 Å². The van der Waals surface area contributed by atoms with E-state index in [0.29, 0.717) is 0 Å². The van der Waals surface area contributed by atoms with E-state index in [1.165, 1.54) is 11.6 Å². The number of thiophene rings is 1. The maximum absolute atomic E-state index is 11.8. The van der Waals surface area contributed by atoms with E-state index < -0.39 is 0 Å². The van der Waals surface area contributed by atoms with Crippen LogP contribution in [0.15, 0.2) is 65.6 Å². The van der Waals surface area contributed by atoms with Gasteiger partial charge in [-0.15, -0.1) is 0 Å². The number of fused-ring (bicyclic) bond motifs is 2. The number of benzene rings is 2. The number of anilines is 4. The number of hydrogen-bond donors (Lipinski definition) is 2. The number of hydrogen-bond acceptors (Lipinski definition) is 6. The highest BCUT2D eigenvalue weighted by Crippen LogP contribution is 2.34. The minimum Gasteiger partial charge on any atom is -0.354 e. The molecule has 0 aliphatic rings. The molecule has 7 heteroatoms. The van der Waals surface area contributed by atoms with Crippen molar-refractivity contribution in [1.29, 1.82) is 0 Å². The van der Waals surface area contributed by atoms with Crippen LogP contribution in [0.4, 0.5) is 22.9 Å². The predicted octanol–water partition coefficient (Wildman–Crippen LogP) is 6.10. The van der Waals surface area contributed by atoms with E-state index in [4.69, 9.17) is 0 Å². The quantitative estimate of drug-likeness (QED) is 0.372. The molecule has 2 aromatic carbocycles. The van der Waals surface area contributed by atoms with Gasteiger partial charge in [0.2, 0.25) is 5.91 Å². The van der Waals surface area contributed by atoms with Crippen molar-refractivity contribution in [1.82, 2.24) is 14.8 Å². The summed E-state index contributed by atoms with van der Waals surface area (Å²) in [5.74, 6) is 0.638. The van der Waals surface area contributed by atoms with Crippen LogP contribution in [0.3, 0.4) is 0 Å². The summed E-state index contributed by atoms with van der Waals surface area (Å²) in [7, 11) is 0. The summed E-state index contributed by atoms with van der Waals surface area (Å²) in [4.78, 5) is 16.4. The van der Waals surface area contributed by atoms with Crippen molar-refractivity contribution in [3.8, 4) is 0 Å². The summed E-state index contributed by atoms with van der Waals surface area (Å²) in [6, 6.07) is 14.1. The third-order valence-corrected chi connectivity index (χ3v) is 5.76. The summed E-state index contributed by atoms with van der Waals surface area (Å²) < 4.78 is 1.41. The first kappa shape index (κ1) is 18.3. The summed E-state index contributed by atoms with van der Waals surface area (Å²) in [6.45, 7) is 3.60. The summed E-state index contributed by atoms with van der Waals surface area (Å²) in [5, 5.41) is 18.3. The molecule has 3 heterocycles. The van der Waals surface area contributed by atoms with Crippen molar-refractivity contribution in [3.63, 3.8) is 0 Å². The Labute approximate surface area is 177 Å². The lowest BCUT2D eigenvalue weighted by atomic mass is 10.1. The molecule has 0 radical (unpaired) electrons. The molecule has 30 heavy (non-hydrogen) atoms. The number of aryl methyl sites for hydroxylation is 1. The van der Waals surface area contributed by atoms with Crippen LogP contribution in [0.25, 0.3) is 21.7 Å². The molecule has 0 saturated carbocycles. The van der Waals surface area contributed by atoms with Crippen LogP contribution in [0, 0.1) is 6.92 Å². The third kappa shape index (κ3) is 3.19. The fourth-order valence-corrected chi connectivity index (χ4v) is 4.18. The predicted molar refractivity (Wildman–Crippen MR) is 123 cm³/mol. The van der Waals surface area contributed by atoms with Crippen LogP contribution in [-0.4, -0.2) is 20.7 Å². The second-order valence-corrected chi connectivity index (χ2v) is 7.90. The van der Waals surface area contributed by atoms with Crippen molar-refractivity contribution < 1.29 is 4.79 Å². The first-order valence-corrected chi connectivity index (χ1v) is 10.5. The normalized spacial score (nSPS) is 11.1. The smallest absolute Gasteiger partial charge is 0.244 e. The Hall–Kier alpha value is -3.71. The fraction of sp³-hybridized carbons (Fsp3) is 0.0870. The van der Waals surface area contributed by atoms with Gasteiger partial charge < -0.3 is 10.6 Å². The Morgan fingerprint density at radius 3 is 2.73 bits per heavy atom. The maximum Gasteiger partial charge on any atom is 0.244 e. The molecule has 3 aromatic heterocycles. The molecule has 0 atom stereocenters. The third-order valence-electron chi connectivity index (χ3n) is 5.08. The minimum atomic E-state index is -0.120. The minimum absolute atomic E-state index is 0.120. The molecule has 5 aromatic rings. The Bertz CT molecular complexity index is 1390. The van der Waals surface area contributed by atoms with E-state index in [-0.39, 0.29) is 5.91 Å². The van der Waals surface area contributed by atoms with Crippen LogP contribution in [-0.2, 0) is 0 Å². The van der Waals surface area contributed by atoms with Crippen LogP contribution in [0.5, 0.6) is 0 Å². The number of pyridine rings is 1. The highest BCUT2D eigenvalue weighted by Gasteiger charge is 2.11. The Morgan fingerprint density at radius 2 is 1.93 bits per heavy atom. The number of rotatable bonds is 4. The Morgan fingerprint density at radius 1 is 1.03 bits per heavy atom. The zero-order valence-electron chi connectivity index (χ0n) is 16.5. The second-order valence-electron chi connectivity index (χ2n) is 7.12. The zero-order valence-corrected chi connectivity index (χ0v) is 17.3. The number of nitrogens with zero attached hydrogens (tertiary/aromatic N) is 3. The van der Waals surface area contributed by atoms with Gasteiger partial charge in [-0.2, -0.15) is 16.4 Å². The van der Waals surface area contributed by atoms with Gasteiger partial charge in [0.1, 0.15) is 5.82 Å². The molecule has 148 valence electrons. The van der Waals surface area contributed by atoms with E-state index in [1.807, 2.05) is 24.3 Å². The molecule has 2 N–H and O–H groups in total. The highest BCUT2D eigenvalue weighted by atomic mass is 32.1. The number of nitrogens with one attached hydrogen (secondary N) is 2. The van der Waals surface area contributed by atoms with Gasteiger partial charge in [-0.3, -0.25) is 4.79 Å². The second kappa shape index (κ2) is 7.27. The standard InChI is InChI=1S/C23H19N5OS/c1-14-3-6-20-19(22(14)26-18-8-10-30-13-18)7-9-24-23(20)27-17-5-4-16-12-25-28(15(2)29)21(16)11-17/h3-13,26H,1-2H3,(H,24,27). The van der Waals surface area contributed by atoms with Gasteiger partial charge in [-0.1, -0.05) is 12.1 Å².